The average molecular weight is 467 g/mol. The van der Waals surface area contributed by atoms with E-state index in [4.69, 9.17) is 10.6 Å². The fourth-order valence-electron chi connectivity index (χ4n) is 4.03. The van der Waals surface area contributed by atoms with E-state index in [0.29, 0.717) is 38.5 Å². The van der Waals surface area contributed by atoms with Crippen LogP contribution in [0, 0.1) is 0 Å². The summed E-state index contributed by atoms with van der Waals surface area (Å²) < 4.78 is 0. The number of thiophene rings is 1. The quantitative estimate of drug-likeness (QED) is 0.412. The van der Waals surface area contributed by atoms with E-state index in [1.807, 2.05) is 29.2 Å². The molecule has 172 valence electrons. The van der Waals surface area contributed by atoms with Gasteiger partial charge in [0.05, 0.1) is 5.39 Å². The van der Waals surface area contributed by atoms with Crippen LogP contribution in [0.5, 0.6) is 0 Å². The molecule has 1 aromatic carbocycles. The van der Waals surface area contributed by atoms with Gasteiger partial charge in [-0.05, 0) is 36.3 Å². The van der Waals surface area contributed by atoms with Crippen LogP contribution in [0.2, 0.25) is 0 Å². The average Bonchev–Trinajstić information content (AvgIpc) is 3.45. The lowest BCUT2D eigenvalue weighted by Crippen LogP contribution is -2.49. The number of carbonyl (C=O) groups excluding carboxylic acids is 1. The Morgan fingerprint density at radius 3 is 2.82 bits per heavy atom. The van der Waals surface area contributed by atoms with Crippen LogP contribution in [0.25, 0.3) is 21.3 Å². The number of hydrogen-bond acceptors (Lipinski definition) is 9. The molecular weight excluding hydrogens is 440 g/mol. The number of nitrogens with two attached hydrogens (primary N) is 1. The maximum atomic E-state index is 12.7. The summed E-state index contributed by atoms with van der Waals surface area (Å²) >= 11 is 1.66. The third-order valence-corrected chi connectivity index (χ3v) is 6.96. The summed E-state index contributed by atoms with van der Waals surface area (Å²) in [6, 6.07) is 9.76. The van der Waals surface area contributed by atoms with Gasteiger partial charge in [0.15, 0.2) is 0 Å². The number of aromatic nitrogens is 5. The van der Waals surface area contributed by atoms with Gasteiger partial charge in [-0.1, -0.05) is 23.9 Å². The normalized spacial score (nSPS) is 14.3. The van der Waals surface area contributed by atoms with Gasteiger partial charge in [-0.25, -0.2) is 4.98 Å². The summed E-state index contributed by atoms with van der Waals surface area (Å²) in [5.74, 6) is 1.30. The molecule has 4 aromatic rings. The number of carbonyl (C=O) groups is 1. The second-order valence-electron chi connectivity index (χ2n) is 7.95. The van der Waals surface area contributed by atoms with E-state index < -0.39 is 0 Å². The Morgan fingerprint density at radius 1 is 1.18 bits per heavy atom. The first-order chi connectivity index (χ1) is 16.1. The number of fused-ring (bicyclic) bond motifs is 2. The number of benzene rings is 1. The molecule has 11 heteroatoms. The molecule has 1 saturated heterocycles. The summed E-state index contributed by atoms with van der Waals surface area (Å²) in [6.07, 6.45) is 2.01. The molecule has 0 bridgehead atoms. The molecule has 33 heavy (non-hydrogen) atoms. The van der Waals surface area contributed by atoms with Gasteiger partial charge in [-0.3, -0.25) is 4.79 Å². The van der Waals surface area contributed by atoms with Crippen LogP contribution >= 0.6 is 11.3 Å². The second kappa shape index (κ2) is 9.18. The molecule has 2 N–H and O–H groups in total. The molecule has 5 rings (SSSR count). The molecule has 0 atom stereocenters. The van der Waals surface area contributed by atoms with Gasteiger partial charge in [0.2, 0.25) is 11.9 Å². The molecule has 10 nitrogen and oxygen atoms in total. The van der Waals surface area contributed by atoms with Crippen molar-refractivity contribution in [3.63, 3.8) is 0 Å². The Kier molecular flexibility index (Phi) is 5.95. The van der Waals surface area contributed by atoms with Gasteiger partial charge in [-0.2, -0.15) is 4.98 Å². The van der Waals surface area contributed by atoms with E-state index in [1.54, 1.807) is 11.3 Å². The number of piperazine rings is 1. The van der Waals surface area contributed by atoms with Crippen LogP contribution in [0.15, 0.2) is 30.3 Å². The van der Waals surface area contributed by atoms with Crippen molar-refractivity contribution < 1.29 is 9.63 Å². The smallest absolute Gasteiger partial charge is 0.223 e. The molecule has 0 spiro atoms. The van der Waals surface area contributed by atoms with Crippen molar-refractivity contribution in [2.75, 3.05) is 43.4 Å². The standard InChI is InChI=1S/C22H26N8O2S/c1-2-15-14-16-20(24-22(23)25-21(16)33-15)29-11-9-28(10-12-29)19(31)8-5-13-32-30-18-7-4-3-6-17(18)26-27-30/h3-4,6-7,14H,2,5,8-13H2,1H3,(H2,23,24,25). The summed E-state index contributed by atoms with van der Waals surface area (Å²) in [5.41, 5.74) is 7.56. The first-order valence-corrected chi connectivity index (χ1v) is 12.0. The number of hydrogen-bond donors (Lipinski definition) is 1. The van der Waals surface area contributed by atoms with Gasteiger partial charge in [-0.15, -0.1) is 16.4 Å². The lowest BCUT2D eigenvalue weighted by molar-refractivity contribution is -0.131. The molecule has 1 aliphatic rings. The number of nitrogen functional groups attached to an aromatic ring is 1. The van der Waals surface area contributed by atoms with Crippen LogP contribution in [0.1, 0.15) is 24.6 Å². The zero-order chi connectivity index (χ0) is 22.8. The van der Waals surface area contributed by atoms with Crippen molar-refractivity contribution in [3.8, 4) is 0 Å². The Hall–Kier alpha value is -3.47. The van der Waals surface area contributed by atoms with Crippen LogP contribution in [-0.4, -0.2) is 68.7 Å². The molecule has 0 radical (unpaired) electrons. The van der Waals surface area contributed by atoms with E-state index >= 15 is 0 Å². The third kappa shape index (κ3) is 4.40. The highest BCUT2D eigenvalue weighted by molar-refractivity contribution is 7.18. The number of amides is 1. The SMILES string of the molecule is CCc1cc2c(N3CCN(C(=O)CCCOn4nnc5ccccc54)CC3)nc(N)nc2s1. The van der Waals surface area contributed by atoms with Crippen molar-refractivity contribution in [2.24, 2.45) is 0 Å². The van der Waals surface area contributed by atoms with E-state index in [-0.39, 0.29) is 5.91 Å². The fourth-order valence-corrected chi connectivity index (χ4v) is 5.00. The number of rotatable bonds is 7. The maximum absolute atomic E-state index is 12.7. The van der Waals surface area contributed by atoms with Crippen LogP contribution in [0.4, 0.5) is 11.8 Å². The third-order valence-electron chi connectivity index (χ3n) is 5.79. The van der Waals surface area contributed by atoms with Gasteiger partial charge >= 0.3 is 0 Å². The lowest BCUT2D eigenvalue weighted by atomic mass is 10.2. The molecule has 0 unspecified atom stereocenters. The summed E-state index contributed by atoms with van der Waals surface area (Å²) in [7, 11) is 0. The Labute approximate surface area is 194 Å². The molecule has 0 saturated carbocycles. The lowest BCUT2D eigenvalue weighted by Gasteiger charge is -2.35. The van der Waals surface area contributed by atoms with Gasteiger partial charge in [0.25, 0.3) is 0 Å². The zero-order valence-electron chi connectivity index (χ0n) is 18.5. The highest BCUT2D eigenvalue weighted by atomic mass is 32.1. The van der Waals surface area contributed by atoms with E-state index in [0.717, 1.165) is 46.6 Å². The largest absolute Gasteiger partial charge is 0.395 e. The minimum Gasteiger partial charge on any atom is -0.395 e. The molecule has 0 aliphatic carbocycles. The van der Waals surface area contributed by atoms with Crippen molar-refractivity contribution in [1.82, 2.24) is 30.0 Å². The number of aryl methyl sites for hydroxylation is 1. The van der Waals surface area contributed by atoms with Crippen molar-refractivity contribution >= 4 is 50.3 Å². The first kappa shape index (κ1) is 21.4. The monoisotopic (exact) mass is 466 g/mol. The predicted octanol–water partition coefficient (Wildman–Crippen LogP) is 2.14. The topological polar surface area (TPSA) is 115 Å². The van der Waals surface area contributed by atoms with Crippen molar-refractivity contribution in [2.45, 2.75) is 26.2 Å². The molecule has 1 fully saturated rings. The van der Waals surface area contributed by atoms with E-state index in [1.165, 1.54) is 9.72 Å². The highest BCUT2D eigenvalue weighted by Crippen LogP contribution is 2.32. The second-order valence-corrected chi connectivity index (χ2v) is 9.06. The van der Waals surface area contributed by atoms with Gasteiger partial charge in [0.1, 0.15) is 28.3 Å². The van der Waals surface area contributed by atoms with Crippen LogP contribution in [-0.2, 0) is 11.2 Å². The van der Waals surface area contributed by atoms with Crippen molar-refractivity contribution in [3.05, 3.63) is 35.2 Å². The first-order valence-electron chi connectivity index (χ1n) is 11.1. The van der Waals surface area contributed by atoms with Crippen LogP contribution < -0.4 is 15.5 Å². The number of para-hydroxylation sites is 1. The summed E-state index contributed by atoms with van der Waals surface area (Å²) in [4.78, 5) is 35.0. The molecule has 1 aliphatic heterocycles. The fraction of sp³-hybridized carbons (Fsp3) is 0.409. The molecular formula is C22H26N8O2S. The Bertz CT molecular complexity index is 1280. The maximum Gasteiger partial charge on any atom is 0.223 e. The molecule has 1 amide bonds. The predicted molar refractivity (Wildman–Crippen MR) is 128 cm³/mol. The van der Waals surface area contributed by atoms with E-state index in [2.05, 4.69) is 38.2 Å². The van der Waals surface area contributed by atoms with Crippen LogP contribution in [0.3, 0.4) is 0 Å². The number of anilines is 2. The molecule has 4 heterocycles. The molecule has 3 aromatic heterocycles. The van der Waals surface area contributed by atoms with Gasteiger partial charge in [0, 0.05) is 37.5 Å². The Balaban J connectivity index is 1.13. The number of nitrogens with zero attached hydrogens (tertiary/aromatic N) is 7. The van der Waals surface area contributed by atoms with Crippen molar-refractivity contribution in [1.29, 1.82) is 0 Å². The van der Waals surface area contributed by atoms with E-state index in [9.17, 15) is 4.79 Å². The van der Waals surface area contributed by atoms with Gasteiger partial charge < -0.3 is 20.4 Å². The Morgan fingerprint density at radius 2 is 2.00 bits per heavy atom. The minimum atomic E-state index is 0.137. The minimum absolute atomic E-state index is 0.137. The summed E-state index contributed by atoms with van der Waals surface area (Å²) in [6.45, 7) is 5.28. The summed E-state index contributed by atoms with van der Waals surface area (Å²) in [5, 5.41) is 9.10. The highest BCUT2D eigenvalue weighted by Gasteiger charge is 2.24. The zero-order valence-corrected chi connectivity index (χ0v) is 19.3.